The third-order valence-corrected chi connectivity index (χ3v) is 5.14. The first kappa shape index (κ1) is 20.6. The van der Waals surface area contributed by atoms with E-state index < -0.39 is 11.3 Å². The smallest absolute Gasteiger partial charge is 0.306 e. The van der Waals surface area contributed by atoms with Crippen LogP contribution in [0.1, 0.15) is 11.1 Å². The second kappa shape index (κ2) is 9.46. The van der Waals surface area contributed by atoms with Gasteiger partial charge < -0.3 is 4.18 Å². The Morgan fingerprint density at radius 3 is 2.13 bits per heavy atom. The molecule has 0 saturated carbocycles. The third kappa shape index (κ3) is 5.11. The van der Waals surface area contributed by atoms with Gasteiger partial charge in [-0.15, -0.1) is 15.0 Å². The summed E-state index contributed by atoms with van der Waals surface area (Å²) in [4.78, 5) is 7.16. The molecule has 31 heavy (non-hydrogen) atoms. The molecule has 0 bridgehead atoms. The van der Waals surface area contributed by atoms with Crippen LogP contribution in [0.15, 0.2) is 78.9 Å². The molecule has 1 unspecified atom stereocenters. The minimum atomic E-state index is -1.85. The van der Waals surface area contributed by atoms with Gasteiger partial charge in [0.25, 0.3) is 5.95 Å². The molecule has 0 radical (unpaired) electrons. The molecule has 0 aliphatic carbocycles. The molecule has 4 aromatic rings. The summed E-state index contributed by atoms with van der Waals surface area (Å²) < 4.78 is 17.8. The Bertz CT molecular complexity index is 1200. The van der Waals surface area contributed by atoms with Crippen LogP contribution in [-0.4, -0.2) is 19.4 Å². The summed E-state index contributed by atoms with van der Waals surface area (Å²) in [6, 6.07) is 25.2. The van der Waals surface area contributed by atoms with Gasteiger partial charge in [0.15, 0.2) is 0 Å². The topological polar surface area (TPSA) is 89.0 Å². The highest BCUT2D eigenvalue weighted by Crippen LogP contribution is 2.28. The van der Waals surface area contributed by atoms with Gasteiger partial charge in [-0.3, -0.25) is 5.43 Å². The SMILES string of the molecule is Cc1ccc(C)c(OS(=O)NNc2nnc(-c3ccccc3)c(-c3ccccc3)n2)c1. The van der Waals surface area contributed by atoms with Crippen molar-refractivity contribution in [3.63, 3.8) is 0 Å². The fourth-order valence-corrected chi connectivity index (χ4v) is 3.51. The van der Waals surface area contributed by atoms with Gasteiger partial charge in [-0.05, 0) is 31.0 Å². The highest BCUT2D eigenvalue weighted by molar-refractivity contribution is 7.78. The van der Waals surface area contributed by atoms with Crippen molar-refractivity contribution in [3.05, 3.63) is 90.0 Å². The van der Waals surface area contributed by atoms with Gasteiger partial charge in [0.05, 0.1) is 0 Å². The zero-order valence-electron chi connectivity index (χ0n) is 17.1. The van der Waals surface area contributed by atoms with Crippen molar-refractivity contribution in [2.75, 3.05) is 5.43 Å². The lowest BCUT2D eigenvalue weighted by Gasteiger charge is -2.12. The van der Waals surface area contributed by atoms with E-state index in [9.17, 15) is 4.21 Å². The van der Waals surface area contributed by atoms with Crippen LogP contribution in [0.3, 0.4) is 0 Å². The fourth-order valence-electron chi connectivity index (χ4n) is 2.95. The monoisotopic (exact) mass is 431 g/mol. The number of hydrogen-bond acceptors (Lipinski definition) is 6. The molecule has 0 saturated heterocycles. The summed E-state index contributed by atoms with van der Waals surface area (Å²) in [5.74, 6) is 0.715. The minimum absolute atomic E-state index is 0.177. The summed E-state index contributed by atoms with van der Waals surface area (Å²) in [5, 5.41) is 8.49. The third-order valence-electron chi connectivity index (χ3n) is 4.54. The maximum absolute atomic E-state index is 12.3. The molecule has 0 amide bonds. The molecule has 4 rings (SSSR count). The lowest BCUT2D eigenvalue weighted by Crippen LogP contribution is -2.29. The number of anilines is 1. The highest BCUT2D eigenvalue weighted by atomic mass is 32.2. The van der Waals surface area contributed by atoms with E-state index in [-0.39, 0.29) is 5.95 Å². The Labute approximate surface area is 183 Å². The number of nitrogens with one attached hydrogen (secondary N) is 2. The van der Waals surface area contributed by atoms with Crippen molar-refractivity contribution in [3.8, 4) is 28.3 Å². The number of aryl methyl sites for hydroxylation is 2. The largest absolute Gasteiger partial charge is 0.388 e. The molecule has 1 atom stereocenters. The Balaban J connectivity index is 1.55. The average molecular weight is 432 g/mol. The lowest BCUT2D eigenvalue weighted by molar-refractivity contribution is 0.550. The second-order valence-electron chi connectivity index (χ2n) is 6.88. The number of hydrazine groups is 1. The molecule has 0 aliphatic heterocycles. The van der Waals surface area contributed by atoms with Crippen LogP contribution in [-0.2, 0) is 11.3 Å². The number of rotatable bonds is 7. The summed E-state index contributed by atoms with van der Waals surface area (Å²) in [7, 11) is 0. The quantitative estimate of drug-likeness (QED) is 0.422. The van der Waals surface area contributed by atoms with Crippen molar-refractivity contribution in [2.45, 2.75) is 13.8 Å². The standard InChI is InChI=1S/C23H21N5O2S/c1-16-13-14-17(2)20(15-16)30-31(29)28-27-23-24-21(18-9-5-3-6-10-18)22(25-26-23)19-11-7-4-8-12-19/h3-15,28H,1-2H3,(H,24,26,27). The summed E-state index contributed by atoms with van der Waals surface area (Å²) in [6.07, 6.45) is 0. The molecule has 0 spiro atoms. The molecule has 1 aromatic heterocycles. The van der Waals surface area contributed by atoms with Crippen molar-refractivity contribution in [1.82, 2.24) is 20.0 Å². The van der Waals surface area contributed by atoms with Crippen LogP contribution in [0.2, 0.25) is 0 Å². The van der Waals surface area contributed by atoms with Crippen molar-refractivity contribution >= 4 is 17.2 Å². The van der Waals surface area contributed by atoms with E-state index in [0.717, 1.165) is 22.3 Å². The molecular weight excluding hydrogens is 410 g/mol. The van der Waals surface area contributed by atoms with E-state index >= 15 is 0 Å². The molecule has 0 aliphatic rings. The Hall–Kier alpha value is -3.62. The van der Waals surface area contributed by atoms with Crippen molar-refractivity contribution in [1.29, 1.82) is 0 Å². The number of aromatic nitrogens is 3. The van der Waals surface area contributed by atoms with Crippen LogP contribution in [0.4, 0.5) is 5.95 Å². The zero-order valence-corrected chi connectivity index (χ0v) is 17.9. The molecule has 3 aromatic carbocycles. The van der Waals surface area contributed by atoms with E-state index in [2.05, 4.69) is 25.4 Å². The summed E-state index contributed by atoms with van der Waals surface area (Å²) in [5.41, 5.74) is 7.75. The maximum atomic E-state index is 12.3. The van der Waals surface area contributed by atoms with Gasteiger partial charge in [0.2, 0.25) is 0 Å². The minimum Gasteiger partial charge on any atom is -0.388 e. The first-order valence-electron chi connectivity index (χ1n) is 9.65. The normalized spacial score (nSPS) is 11.7. The first-order valence-corrected chi connectivity index (χ1v) is 10.7. The second-order valence-corrected chi connectivity index (χ2v) is 7.72. The first-order chi connectivity index (χ1) is 15.1. The number of hydrogen-bond donors (Lipinski definition) is 2. The number of nitrogens with zero attached hydrogens (tertiary/aromatic N) is 3. The van der Waals surface area contributed by atoms with Gasteiger partial charge in [-0.25, -0.2) is 4.98 Å². The van der Waals surface area contributed by atoms with Crippen LogP contribution >= 0.6 is 0 Å². The predicted octanol–water partition coefficient (Wildman–Crippen LogP) is 4.40. The molecular formula is C23H21N5O2S. The van der Waals surface area contributed by atoms with E-state index in [1.807, 2.05) is 92.7 Å². The highest BCUT2D eigenvalue weighted by Gasteiger charge is 2.14. The van der Waals surface area contributed by atoms with Crippen LogP contribution in [0.25, 0.3) is 22.5 Å². The van der Waals surface area contributed by atoms with Gasteiger partial charge in [-0.1, -0.05) is 72.8 Å². The summed E-state index contributed by atoms with van der Waals surface area (Å²) in [6.45, 7) is 3.83. The van der Waals surface area contributed by atoms with Crippen molar-refractivity contribution in [2.24, 2.45) is 0 Å². The molecule has 156 valence electrons. The molecule has 2 N–H and O–H groups in total. The van der Waals surface area contributed by atoms with Crippen LogP contribution in [0.5, 0.6) is 5.75 Å². The molecule has 0 fully saturated rings. The molecule has 1 heterocycles. The number of benzene rings is 3. The fraction of sp³-hybridized carbons (Fsp3) is 0.0870. The van der Waals surface area contributed by atoms with E-state index in [4.69, 9.17) is 4.18 Å². The summed E-state index contributed by atoms with van der Waals surface area (Å²) >= 11 is -1.85. The van der Waals surface area contributed by atoms with Gasteiger partial charge in [-0.2, -0.15) is 4.21 Å². The maximum Gasteiger partial charge on any atom is 0.306 e. The Kier molecular flexibility index (Phi) is 6.30. The van der Waals surface area contributed by atoms with Crippen LogP contribution < -0.4 is 14.4 Å². The van der Waals surface area contributed by atoms with E-state index in [0.29, 0.717) is 17.1 Å². The van der Waals surface area contributed by atoms with Crippen LogP contribution in [0, 0.1) is 13.8 Å². The van der Waals surface area contributed by atoms with Crippen molar-refractivity contribution < 1.29 is 8.39 Å². The van der Waals surface area contributed by atoms with E-state index in [1.54, 1.807) is 0 Å². The van der Waals surface area contributed by atoms with Gasteiger partial charge >= 0.3 is 11.3 Å². The molecule has 7 nitrogen and oxygen atoms in total. The van der Waals surface area contributed by atoms with E-state index in [1.165, 1.54) is 0 Å². The Morgan fingerprint density at radius 1 is 0.806 bits per heavy atom. The average Bonchev–Trinajstić information content (AvgIpc) is 2.81. The lowest BCUT2D eigenvalue weighted by atomic mass is 10.0. The molecule has 8 heteroatoms. The van der Waals surface area contributed by atoms with Gasteiger partial charge in [0.1, 0.15) is 17.1 Å². The zero-order chi connectivity index (χ0) is 21.6. The van der Waals surface area contributed by atoms with Gasteiger partial charge in [0, 0.05) is 11.1 Å². The predicted molar refractivity (Wildman–Crippen MR) is 122 cm³/mol. The Morgan fingerprint density at radius 2 is 1.45 bits per heavy atom.